The maximum atomic E-state index is 2.53. The highest BCUT2D eigenvalue weighted by atomic mass is 15.2. The lowest BCUT2D eigenvalue weighted by Crippen LogP contribution is -2.31. The monoisotopic (exact) mass is 733 g/mol. The number of anilines is 6. The Bertz CT molecular complexity index is 2970. The van der Waals surface area contributed by atoms with Gasteiger partial charge in [-0.2, -0.15) is 0 Å². The van der Waals surface area contributed by atoms with Crippen LogP contribution in [0.2, 0.25) is 0 Å². The molecule has 0 amide bonds. The lowest BCUT2D eigenvalue weighted by Gasteiger charge is -2.43. The van der Waals surface area contributed by atoms with Gasteiger partial charge in [0.2, 0.25) is 0 Å². The fourth-order valence-corrected chi connectivity index (χ4v) is 9.89. The third-order valence-corrected chi connectivity index (χ3v) is 12.7. The van der Waals surface area contributed by atoms with Gasteiger partial charge in [0.05, 0.1) is 22.4 Å². The number of hydrogen-bond acceptors (Lipinski definition) is 2. The van der Waals surface area contributed by atoms with Gasteiger partial charge in [-0.3, -0.25) is 0 Å². The predicted octanol–water partition coefficient (Wildman–Crippen LogP) is 14.7. The van der Waals surface area contributed by atoms with Crippen molar-refractivity contribution >= 4 is 55.9 Å². The number of para-hydroxylation sites is 5. The van der Waals surface area contributed by atoms with Crippen molar-refractivity contribution in [3.8, 4) is 16.8 Å². The van der Waals surface area contributed by atoms with E-state index in [4.69, 9.17) is 0 Å². The third-order valence-electron chi connectivity index (χ3n) is 12.7. The second-order valence-corrected chi connectivity index (χ2v) is 16.6. The highest BCUT2D eigenvalue weighted by Gasteiger charge is 2.42. The van der Waals surface area contributed by atoms with Crippen LogP contribution >= 0.6 is 0 Å². The summed E-state index contributed by atoms with van der Waals surface area (Å²) in [7, 11) is 0. The van der Waals surface area contributed by atoms with Crippen LogP contribution in [0.3, 0.4) is 0 Å². The quantitative estimate of drug-likeness (QED) is 0.174. The molecular formula is C54H43N3. The SMILES string of the molecule is CC1(C)c2cc(N(c3ccccc3)c3ccccc3)ccc2-c2cc3c(cc21)N(c1ccc2c(c1)c1ccccc1n2-c1ccccc1)c1ccccc1C3(C)C. The Hall–Kier alpha value is -6.84. The van der Waals surface area contributed by atoms with Crippen molar-refractivity contribution in [1.29, 1.82) is 0 Å². The topological polar surface area (TPSA) is 11.4 Å². The zero-order valence-electron chi connectivity index (χ0n) is 32.7. The molecule has 0 saturated heterocycles. The molecule has 3 nitrogen and oxygen atoms in total. The van der Waals surface area contributed by atoms with Crippen LogP contribution < -0.4 is 9.80 Å². The van der Waals surface area contributed by atoms with Crippen molar-refractivity contribution in [2.24, 2.45) is 0 Å². The van der Waals surface area contributed by atoms with E-state index in [1.165, 1.54) is 77.9 Å². The molecule has 0 fully saturated rings. The van der Waals surface area contributed by atoms with E-state index in [1.54, 1.807) is 0 Å². The first-order valence-electron chi connectivity index (χ1n) is 20.0. The second kappa shape index (κ2) is 12.3. The third kappa shape index (κ3) is 4.91. The van der Waals surface area contributed by atoms with Crippen LogP contribution in [0.25, 0.3) is 38.6 Å². The summed E-state index contributed by atoms with van der Waals surface area (Å²) < 4.78 is 2.40. The number of rotatable bonds is 5. The Labute approximate surface area is 334 Å². The second-order valence-electron chi connectivity index (χ2n) is 16.6. The van der Waals surface area contributed by atoms with Crippen molar-refractivity contribution in [1.82, 2.24) is 4.57 Å². The fraction of sp³-hybridized carbons (Fsp3) is 0.111. The number of hydrogen-bond donors (Lipinski definition) is 0. The molecule has 9 aromatic rings. The van der Waals surface area contributed by atoms with Crippen LogP contribution in [0.4, 0.5) is 34.1 Å². The van der Waals surface area contributed by atoms with Crippen LogP contribution in [-0.2, 0) is 10.8 Å². The van der Waals surface area contributed by atoms with Gasteiger partial charge >= 0.3 is 0 Å². The molecule has 2 heterocycles. The maximum Gasteiger partial charge on any atom is 0.0542 e. The normalized spacial score (nSPS) is 14.6. The molecule has 3 heteroatoms. The van der Waals surface area contributed by atoms with E-state index < -0.39 is 0 Å². The molecule has 57 heavy (non-hydrogen) atoms. The van der Waals surface area contributed by atoms with E-state index in [0.717, 1.165) is 17.1 Å². The van der Waals surface area contributed by atoms with E-state index in [2.05, 4.69) is 230 Å². The fourth-order valence-electron chi connectivity index (χ4n) is 9.89. The first-order valence-corrected chi connectivity index (χ1v) is 20.0. The van der Waals surface area contributed by atoms with Crippen LogP contribution in [0.15, 0.2) is 188 Å². The molecule has 0 atom stereocenters. The molecule has 0 radical (unpaired) electrons. The molecule has 0 N–H and O–H groups in total. The lowest BCUT2D eigenvalue weighted by atomic mass is 9.72. The number of fused-ring (bicyclic) bond motifs is 8. The molecule has 11 rings (SSSR count). The van der Waals surface area contributed by atoms with Gasteiger partial charge in [-0.25, -0.2) is 0 Å². The molecule has 1 aromatic heterocycles. The average Bonchev–Trinajstić information content (AvgIpc) is 3.69. The van der Waals surface area contributed by atoms with Gasteiger partial charge < -0.3 is 14.4 Å². The van der Waals surface area contributed by atoms with Crippen LogP contribution in [0, 0.1) is 0 Å². The summed E-state index contributed by atoms with van der Waals surface area (Å²) in [6.07, 6.45) is 0. The average molecular weight is 734 g/mol. The summed E-state index contributed by atoms with van der Waals surface area (Å²) in [6.45, 7) is 9.60. The summed E-state index contributed by atoms with van der Waals surface area (Å²) in [5, 5.41) is 2.50. The van der Waals surface area contributed by atoms with Crippen LogP contribution in [-0.4, -0.2) is 4.57 Å². The zero-order chi connectivity index (χ0) is 38.5. The highest BCUT2D eigenvalue weighted by molar-refractivity contribution is 6.11. The summed E-state index contributed by atoms with van der Waals surface area (Å²) in [5.41, 5.74) is 18.3. The maximum absolute atomic E-state index is 2.53. The van der Waals surface area contributed by atoms with Gasteiger partial charge in [-0.15, -0.1) is 0 Å². The Balaban J connectivity index is 1.10. The van der Waals surface area contributed by atoms with Gasteiger partial charge in [-0.1, -0.05) is 125 Å². The zero-order valence-corrected chi connectivity index (χ0v) is 32.7. The minimum Gasteiger partial charge on any atom is -0.310 e. The van der Waals surface area contributed by atoms with Crippen molar-refractivity contribution in [2.45, 2.75) is 38.5 Å². The van der Waals surface area contributed by atoms with Crippen molar-refractivity contribution in [3.63, 3.8) is 0 Å². The summed E-state index contributed by atoms with van der Waals surface area (Å²) >= 11 is 0. The molecule has 0 spiro atoms. The highest BCUT2D eigenvalue weighted by Crippen LogP contribution is 2.58. The first kappa shape index (κ1) is 33.5. The molecular weight excluding hydrogens is 691 g/mol. The van der Waals surface area contributed by atoms with Crippen molar-refractivity contribution in [2.75, 3.05) is 9.80 Å². The van der Waals surface area contributed by atoms with Crippen molar-refractivity contribution in [3.05, 3.63) is 210 Å². The van der Waals surface area contributed by atoms with Crippen LogP contribution in [0.5, 0.6) is 0 Å². The molecule has 0 unspecified atom stereocenters. The van der Waals surface area contributed by atoms with Gasteiger partial charge in [-0.05, 0) is 124 Å². The molecule has 274 valence electrons. The van der Waals surface area contributed by atoms with E-state index in [-0.39, 0.29) is 10.8 Å². The van der Waals surface area contributed by atoms with E-state index in [1.807, 2.05) is 0 Å². The lowest BCUT2D eigenvalue weighted by molar-refractivity contribution is 0.627. The minimum absolute atomic E-state index is 0.213. The van der Waals surface area contributed by atoms with Crippen molar-refractivity contribution < 1.29 is 0 Å². The van der Waals surface area contributed by atoms with E-state index >= 15 is 0 Å². The summed E-state index contributed by atoms with van der Waals surface area (Å²) in [4.78, 5) is 4.90. The molecule has 8 aromatic carbocycles. The Kier molecular flexibility index (Phi) is 7.25. The number of aromatic nitrogens is 1. The Morgan fingerprint density at radius 2 is 0.965 bits per heavy atom. The Morgan fingerprint density at radius 3 is 1.70 bits per heavy atom. The molecule has 1 aliphatic heterocycles. The minimum atomic E-state index is -0.228. The predicted molar refractivity (Wildman–Crippen MR) is 240 cm³/mol. The van der Waals surface area contributed by atoms with Gasteiger partial charge in [0.15, 0.2) is 0 Å². The molecule has 1 aliphatic carbocycles. The Morgan fingerprint density at radius 1 is 0.368 bits per heavy atom. The van der Waals surface area contributed by atoms with Crippen LogP contribution in [0.1, 0.15) is 49.9 Å². The summed E-state index contributed by atoms with van der Waals surface area (Å²) in [6, 6.07) is 69.1. The number of nitrogens with zero attached hydrogens (tertiary/aromatic N) is 3. The summed E-state index contributed by atoms with van der Waals surface area (Å²) in [5.74, 6) is 0. The standard InChI is InChI=1S/C54H43N3/c1-53(2)45-25-15-17-27-51(45)57(39-29-31-50-44(32-39)42-24-14-16-26-49(42)56(50)38-22-12-7-13-23-38)52-35-47-43(34-48(52)53)41-30-28-40(33-46(41)54(47,3)4)55(36-18-8-5-9-19-36)37-20-10-6-11-21-37/h5-35H,1-4H3. The number of benzene rings is 8. The molecule has 0 saturated carbocycles. The largest absolute Gasteiger partial charge is 0.310 e. The van der Waals surface area contributed by atoms with Gasteiger partial charge in [0.25, 0.3) is 0 Å². The first-order chi connectivity index (χ1) is 27.8. The van der Waals surface area contributed by atoms with E-state index in [0.29, 0.717) is 0 Å². The smallest absolute Gasteiger partial charge is 0.0542 e. The molecule has 2 aliphatic rings. The van der Waals surface area contributed by atoms with Gasteiger partial charge in [0.1, 0.15) is 0 Å². The molecule has 0 bridgehead atoms. The van der Waals surface area contributed by atoms with Gasteiger partial charge in [0, 0.05) is 50.0 Å². The van der Waals surface area contributed by atoms with E-state index in [9.17, 15) is 0 Å².